The summed E-state index contributed by atoms with van der Waals surface area (Å²) in [5, 5.41) is 2.96. The Labute approximate surface area is 163 Å². The largest absolute Gasteiger partial charge is 0.468 e. The fourth-order valence-electron chi connectivity index (χ4n) is 3.44. The number of carbonyl (C=O) groups excluding carboxylic acids is 1. The highest BCUT2D eigenvalue weighted by atomic mass is 16.5. The lowest BCUT2D eigenvalue weighted by Gasteiger charge is -2.28. The van der Waals surface area contributed by atoms with Crippen LogP contribution in [0.5, 0.6) is 6.01 Å². The second-order valence-corrected chi connectivity index (χ2v) is 6.67. The number of nitrogens with one attached hydrogen (secondary N) is 1. The fourth-order valence-corrected chi connectivity index (χ4v) is 3.44. The number of anilines is 1. The van der Waals surface area contributed by atoms with Gasteiger partial charge in [0.15, 0.2) is 0 Å². The average molecular weight is 380 g/mol. The molecule has 0 spiro atoms. The highest BCUT2D eigenvalue weighted by Gasteiger charge is 2.19. The van der Waals surface area contributed by atoms with Crippen LogP contribution in [-0.2, 0) is 11.2 Å². The Kier molecular flexibility index (Phi) is 5.43. The molecule has 2 heterocycles. The number of benzene rings is 2. The Balaban J connectivity index is 1.52. The molecule has 2 aromatic carbocycles. The SMILES string of the molecule is COc1nc2cc(N3CCOCC3)ccc2n1C(=O)NCCc1ccccc1. The van der Waals surface area contributed by atoms with Gasteiger partial charge in [0.05, 0.1) is 31.4 Å². The van der Waals surface area contributed by atoms with Gasteiger partial charge < -0.3 is 19.7 Å². The van der Waals surface area contributed by atoms with Gasteiger partial charge in [-0.15, -0.1) is 0 Å². The number of nitrogens with zero attached hydrogens (tertiary/aromatic N) is 3. The first-order chi connectivity index (χ1) is 13.8. The Morgan fingerprint density at radius 1 is 1.18 bits per heavy atom. The monoisotopic (exact) mass is 380 g/mol. The van der Waals surface area contributed by atoms with Crippen molar-refractivity contribution in [3.8, 4) is 6.01 Å². The number of hydrogen-bond acceptors (Lipinski definition) is 5. The summed E-state index contributed by atoms with van der Waals surface area (Å²) >= 11 is 0. The molecule has 1 fully saturated rings. The van der Waals surface area contributed by atoms with Gasteiger partial charge in [-0.05, 0) is 30.2 Å². The number of fused-ring (bicyclic) bond motifs is 1. The first-order valence-electron chi connectivity index (χ1n) is 9.47. The predicted molar refractivity (Wildman–Crippen MR) is 108 cm³/mol. The molecule has 1 N–H and O–H groups in total. The number of carbonyl (C=O) groups is 1. The molecule has 0 bridgehead atoms. The van der Waals surface area contributed by atoms with Crippen molar-refractivity contribution in [2.75, 3.05) is 44.9 Å². The van der Waals surface area contributed by atoms with Crippen molar-refractivity contribution < 1.29 is 14.3 Å². The third kappa shape index (κ3) is 3.80. The number of methoxy groups -OCH3 is 1. The van der Waals surface area contributed by atoms with Crippen molar-refractivity contribution in [2.24, 2.45) is 0 Å². The highest BCUT2D eigenvalue weighted by Crippen LogP contribution is 2.26. The fraction of sp³-hybridized carbons (Fsp3) is 0.333. The van der Waals surface area contributed by atoms with Gasteiger partial charge in [-0.2, -0.15) is 4.98 Å². The van der Waals surface area contributed by atoms with Gasteiger partial charge >= 0.3 is 12.0 Å². The molecule has 1 aromatic heterocycles. The van der Waals surface area contributed by atoms with Gasteiger partial charge in [-0.1, -0.05) is 30.3 Å². The van der Waals surface area contributed by atoms with Crippen LogP contribution in [0.15, 0.2) is 48.5 Å². The molecule has 7 heteroatoms. The molecule has 1 aliphatic heterocycles. The van der Waals surface area contributed by atoms with Crippen LogP contribution in [0.3, 0.4) is 0 Å². The Morgan fingerprint density at radius 2 is 1.96 bits per heavy atom. The maximum atomic E-state index is 12.8. The van der Waals surface area contributed by atoms with Crippen LogP contribution in [0.4, 0.5) is 10.5 Å². The Bertz CT molecular complexity index is 949. The third-order valence-electron chi connectivity index (χ3n) is 4.90. The van der Waals surface area contributed by atoms with Gasteiger partial charge in [0, 0.05) is 25.3 Å². The molecule has 0 aliphatic carbocycles. The molecule has 28 heavy (non-hydrogen) atoms. The van der Waals surface area contributed by atoms with Crippen LogP contribution in [-0.4, -0.2) is 55.5 Å². The van der Waals surface area contributed by atoms with E-state index in [2.05, 4.69) is 15.2 Å². The zero-order valence-electron chi connectivity index (χ0n) is 15.9. The number of rotatable bonds is 5. The zero-order chi connectivity index (χ0) is 19.3. The van der Waals surface area contributed by atoms with Crippen molar-refractivity contribution in [3.63, 3.8) is 0 Å². The van der Waals surface area contributed by atoms with E-state index in [-0.39, 0.29) is 12.0 Å². The summed E-state index contributed by atoms with van der Waals surface area (Å²) in [6.07, 6.45) is 0.767. The van der Waals surface area contributed by atoms with Gasteiger partial charge in [-0.25, -0.2) is 9.36 Å². The molecule has 3 aromatic rings. The molecule has 0 atom stereocenters. The number of aromatic nitrogens is 2. The molecular weight excluding hydrogens is 356 g/mol. The summed E-state index contributed by atoms with van der Waals surface area (Å²) in [6.45, 7) is 3.68. The molecule has 1 amide bonds. The molecule has 146 valence electrons. The number of morpholine rings is 1. The minimum absolute atomic E-state index is 0.241. The lowest BCUT2D eigenvalue weighted by atomic mass is 10.1. The van der Waals surface area contributed by atoms with Gasteiger partial charge in [0.25, 0.3) is 0 Å². The zero-order valence-corrected chi connectivity index (χ0v) is 15.9. The maximum Gasteiger partial charge on any atom is 0.330 e. The summed E-state index contributed by atoms with van der Waals surface area (Å²) in [7, 11) is 1.53. The molecule has 0 unspecified atom stereocenters. The minimum atomic E-state index is -0.241. The third-order valence-corrected chi connectivity index (χ3v) is 4.90. The number of hydrogen-bond donors (Lipinski definition) is 1. The first kappa shape index (κ1) is 18.3. The van der Waals surface area contributed by atoms with Crippen LogP contribution in [0.1, 0.15) is 5.56 Å². The van der Waals surface area contributed by atoms with E-state index < -0.39 is 0 Å². The molecule has 7 nitrogen and oxygen atoms in total. The van der Waals surface area contributed by atoms with Crippen molar-refractivity contribution in [1.82, 2.24) is 14.9 Å². The maximum absolute atomic E-state index is 12.8. The summed E-state index contributed by atoms with van der Waals surface area (Å²) in [6, 6.07) is 16.0. The lowest BCUT2D eigenvalue weighted by Crippen LogP contribution is -2.36. The molecular formula is C21H24N4O3. The van der Waals surface area contributed by atoms with E-state index >= 15 is 0 Å². The standard InChI is InChI=1S/C21H24N4O3/c1-27-21-23-18-15-17(24-11-13-28-14-12-24)7-8-19(18)25(21)20(26)22-10-9-16-5-3-2-4-6-16/h2-8,15H,9-14H2,1H3,(H,22,26). The second-order valence-electron chi connectivity index (χ2n) is 6.67. The molecule has 1 saturated heterocycles. The predicted octanol–water partition coefficient (Wildman–Crippen LogP) is 2.68. The molecule has 4 rings (SSSR count). The average Bonchev–Trinajstić information content (AvgIpc) is 3.13. The van der Waals surface area contributed by atoms with Crippen molar-refractivity contribution in [1.29, 1.82) is 0 Å². The molecule has 1 aliphatic rings. The van der Waals surface area contributed by atoms with Crippen LogP contribution in [0, 0.1) is 0 Å². The smallest absolute Gasteiger partial charge is 0.330 e. The minimum Gasteiger partial charge on any atom is -0.468 e. The lowest BCUT2D eigenvalue weighted by molar-refractivity contribution is 0.122. The van der Waals surface area contributed by atoms with Gasteiger partial charge in [-0.3, -0.25) is 0 Å². The first-order valence-corrected chi connectivity index (χ1v) is 9.47. The van der Waals surface area contributed by atoms with E-state index in [1.54, 1.807) is 0 Å². The molecule has 0 radical (unpaired) electrons. The quantitative estimate of drug-likeness (QED) is 0.737. The van der Waals surface area contributed by atoms with E-state index in [0.717, 1.165) is 49.4 Å². The van der Waals surface area contributed by atoms with Crippen LogP contribution >= 0.6 is 0 Å². The van der Waals surface area contributed by atoms with Gasteiger partial charge in [0.2, 0.25) is 0 Å². The molecule has 0 saturated carbocycles. The topological polar surface area (TPSA) is 68.6 Å². The second kappa shape index (κ2) is 8.31. The van der Waals surface area contributed by atoms with Crippen molar-refractivity contribution >= 4 is 22.8 Å². The van der Waals surface area contributed by atoms with Crippen LogP contribution < -0.4 is 15.0 Å². The Hall–Kier alpha value is -3.06. The summed E-state index contributed by atoms with van der Waals surface area (Å²) in [5.74, 6) is 0. The number of amides is 1. The summed E-state index contributed by atoms with van der Waals surface area (Å²) in [4.78, 5) is 19.5. The summed E-state index contributed by atoms with van der Waals surface area (Å²) in [5.41, 5.74) is 3.72. The normalized spacial score (nSPS) is 14.2. The van der Waals surface area contributed by atoms with E-state index in [0.29, 0.717) is 6.54 Å². The highest BCUT2D eigenvalue weighted by molar-refractivity contribution is 5.92. The van der Waals surface area contributed by atoms with E-state index in [4.69, 9.17) is 9.47 Å². The number of imidazole rings is 1. The van der Waals surface area contributed by atoms with Gasteiger partial charge in [0.1, 0.15) is 0 Å². The van der Waals surface area contributed by atoms with E-state index in [1.165, 1.54) is 17.2 Å². The van der Waals surface area contributed by atoms with E-state index in [9.17, 15) is 4.79 Å². The van der Waals surface area contributed by atoms with Crippen molar-refractivity contribution in [3.05, 3.63) is 54.1 Å². The summed E-state index contributed by atoms with van der Waals surface area (Å²) < 4.78 is 12.3. The van der Waals surface area contributed by atoms with Crippen molar-refractivity contribution in [2.45, 2.75) is 6.42 Å². The number of ether oxygens (including phenoxy) is 2. The Morgan fingerprint density at radius 3 is 2.71 bits per heavy atom. The van der Waals surface area contributed by atoms with Crippen LogP contribution in [0.2, 0.25) is 0 Å². The van der Waals surface area contributed by atoms with E-state index in [1.807, 2.05) is 48.5 Å². The van der Waals surface area contributed by atoms with Crippen LogP contribution in [0.25, 0.3) is 11.0 Å².